The van der Waals surface area contributed by atoms with Gasteiger partial charge in [0, 0.05) is 6.20 Å². The number of halogens is 3. The fourth-order valence-corrected chi connectivity index (χ4v) is 0.889. The highest BCUT2D eigenvalue weighted by molar-refractivity contribution is 5.29. The molecular weight excluding hydrogens is 155 g/mol. The minimum Gasteiger partial charge on any atom is -0.357 e. The average molecular weight is 163 g/mol. The average Bonchev–Trinajstić information content (AvgIpc) is 2.11. The van der Waals surface area contributed by atoms with E-state index >= 15 is 0 Å². The molecule has 0 saturated carbocycles. The highest BCUT2D eigenvalue weighted by Crippen LogP contribution is 2.31. The van der Waals surface area contributed by atoms with Crippen molar-refractivity contribution >= 4 is 0 Å². The second-order valence-corrected chi connectivity index (χ2v) is 2.47. The van der Waals surface area contributed by atoms with Crippen LogP contribution in [0.1, 0.15) is 16.8 Å². The van der Waals surface area contributed by atoms with Crippen molar-refractivity contribution in [3.05, 3.63) is 23.0 Å². The Morgan fingerprint density at radius 1 is 1.27 bits per heavy atom. The number of aromatic amines is 1. The molecule has 0 aliphatic rings. The topological polar surface area (TPSA) is 15.8 Å². The molecule has 62 valence electrons. The van der Waals surface area contributed by atoms with Gasteiger partial charge in [0.15, 0.2) is 0 Å². The molecule has 0 fully saturated rings. The second kappa shape index (κ2) is 2.29. The van der Waals surface area contributed by atoms with Crippen molar-refractivity contribution in [1.29, 1.82) is 0 Å². The largest absolute Gasteiger partial charge is 0.431 e. The van der Waals surface area contributed by atoms with Gasteiger partial charge >= 0.3 is 6.18 Å². The summed E-state index contributed by atoms with van der Waals surface area (Å²) < 4.78 is 36.1. The van der Waals surface area contributed by atoms with Crippen LogP contribution >= 0.6 is 0 Å². The zero-order valence-electron chi connectivity index (χ0n) is 6.21. The van der Waals surface area contributed by atoms with Gasteiger partial charge in [0.05, 0.1) is 0 Å². The van der Waals surface area contributed by atoms with E-state index in [1.807, 2.05) is 0 Å². The Morgan fingerprint density at radius 2 is 1.82 bits per heavy atom. The van der Waals surface area contributed by atoms with Gasteiger partial charge in [-0.3, -0.25) is 0 Å². The first-order valence-corrected chi connectivity index (χ1v) is 3.14. The van der Waals surface area contributed by atoms with Crippen molar-refractivity contribution in [2.75, 3.05) is 0 Å². The van der Waals surface area contributed by atoms with Crippen molar-refractivity contribution in [2.24, 2.45) is 0 Å². The van der Waals surface area contributed by atoms with E-state index in [0.717, 1.165) is 0 Å². The van der Waals surface area contributed by atoms with Crippen LogP contribution in [0.5, 0.6) is 0 Å². The molecule has 1 nitrogen and oxygen atoms in total. The SMILES string of the molecule is Cc1c[nH]c(C(F)(F)F)c1C. The van der Waals surface area contributed by atoms with Crippen LogP contribution in [0.15, 0.2) is 6.20 Å². The van der Waals surface area contributed by atoms with Gasteiger partial charge in [-0.25, -0.2) is 0 Å². The van der Waals surface area contributed by atoms with E-state index in [9.17, 15) is 13.2 Å². The summed E-state index contributed by atoms with van der Waals surface area (Å²) in [6.45, 7) is 3.09. The van der Waals surface area contributed by atoms with Crippen LogP contribution in [0.4, 0.5) is 13.2 Å². The molecule has 0 aromatic carbocycles. The quantitative estimate of drug-likeness (QED) is 0.605. The van der Waals surface area contributed by atoms with E-state index in [-0.39, 0.29) is 5.56 Å². The molecule has 1 aromatic rings. The van der Waals surface area contributed by atoms with Crippen molar-refractivity contribution in [3.8, 4) is 0 Å². The lowest BCUT2D eigenvalue weighted by atomic mass is 10.2. The monoisotopic (exact) mass is 163 g/mol. The van der Waals surface area contributed by atoms with Crippen LogP contribution in [0.2, 0.25) is 0 Å². The Bertz CT molecular complexity index is 259. The number of hydrogen-bond acceptors (Lipinski definition) is 0. The number of aromatic nitrogens is 1. The fraction of sp³-hybridized carbons (Fsp3) is 0.429. The Hall–Kier alpha value is -0.930. The first kappa shape index (κ1) is 8.17. The number of nitrogens with one attached hydrogen (secondary N) is 1. The summed E-state index contributed by atoms with van der Waals surface area (Å²) in [6.07, 6.45) is -2.89. The number of aryl methyl sites for hydroxylation is 1. The van der Waals surface area contributed by atoms with Crippen molar-refractivity contribution < 1.29 is 13.2 Å². The molecule has 0 spiro atoms. The Labute approximate surface area is 62.2 Å². The lowest BCUT2D eigenvalue weighted by Crippen LogP contribution is -2.07. The number of H-pyrrole nitrogens is 1. The Kier molecular flexibility index (Phi) is 1.70. The van der Waals surface area contributed by atoms with E-state index in [1.54, 1.807) is 6.92 Å². The van der Waals surface area contributed by atoms with Gasteiger partial charge < -0.3 is 4.98 Å². The summed E-state index contributed by atoms with van der Waals surface area (Å²) in [5, 5.41) is 0. The molecule has 0 amide bonds. The summed E-state index contributed by atoms with van der Waals surface area (Å²) in [6, 6.07) is 0. The first-order chi connectivity index (χ1) is 4.93. The summed E-state index contributed by atoms with van der Waals surface area (Å²) in [5.41, 5.74) is 0.268. The molecule has 0 bridgehead atoms. The van der Waals surface area contributed by atoms with Crippen LogP contribution in [0.25, 0.3) is 0 Å². The van der Waals surface area contributed by atoms with Gasteiger partial charge in [-0.1, -0.05) is 0 Å². The van der Waals surface area contributed by atoms with Crippen LogP contribution in [-0.2, 0) is 6.18 Å². The second-order valence-electron chi connectivity index (χ2n) is 2.47. The zero-order chi connectivity index (χ0) is 8.65. The number of hydrogen-bond donors (Lipinski definition) is 1. The van der Waals surface area contributed by atoms with Gasteiger partial charge in [-0.05, 0) is 25.0 Å². The van der Waals surface area contributed by atoms with Crippen LogP contribution < -0.4 is 0 Å². The van der Waals surface area contributed by atoms with E-state index < -0.39 is 11.9 Å². The molecule has 4 heteroatoms. The normalized spacial score (nSPS) is 12.1. The maximum absolute atomic E-state index is 12.0. The maximum atomic E-state index is 12.0. The lowest BCUT2D eigenvalue weighted by Gasteiger charge is -2.04. The first-order valence-electron chi connectivity index (χ1n) is 3.14. The molecule has 0 aliphatic carbocycles. The van der Waals surface area contributed by atoms with Crippen LogP contribution in [0, 0.1) is 13.8 Å². The van der Waals surface area contributed by atoms with E-state index in [2.05, 4.69) is 4.98 Å². The fourth-order valence-electron chi connectivity index (χ4n) is 0.889. The minimum atomic E-state index is -4.25. The molecule has 1 aromatic heterocycles. The molecule has 0 aliphatic heterocycles. The van der Waals surface area contributed by atoms with Crippen LogP contribution in [-0.4, -0.2) is 4.98 Å². The third kappa shape index (κ3) is 1.39. The van der Waals surface area contributed by atoms with E-state index in [1.165, 1.54) is 13.1 Å². The van der Waals surface area contributed by atoms with Crippen molar-refractivity contribution in [3.63, 3.8) is 0 Å². The Morgan fingerprint density at radius 3 is 2.00 bits per heavy atom. The summed E-state index contributed by atoms with van der Waals surface area (Å²) >= 11 is 0. The molecule has 0 radical (unpaired) electrons. The molecule has 1 heterocycles. The lowest BCUT2D eigenvalue weighted by molar-refractivity contribution is -0.141. The van der Waals surface area contributed by atoms with Gasteiger partial charge in [-0.2, -0.15) is 13.2 Å². The smallest absolute Gasteiger partial charge is 0.357 e. The van der Waals surface area contributed by atoms with E-state index in [0.29, 0.717) is 5.56 Å². The molecule has 1 rings (SSSR count). The third-order valence-corrected chi connectivity index (χ3v) is 1.68. The highest BCUT2D eigenvalue weighted by Gasteiger charge is 2.34. The molecule has 0 unspecified atom stereocenters. The predicted octanol–water partition coefficient (Wildman–Crippen LogP) is 2.65. The summed E-state index contributed by atoms with van der Waals surface area (Å²) in [7, 11) is 0. The number of rotatable bonds is 0. The molecule has 1 N–H and O–H groups in total. The highest BCUT2D eigenvalue weighted by atomic mass is 19.4. The van der Waals surface area contributed by atoms with Crippen LogP contribution in [0.3, 0.4) is 0 Å². The van der Waals surface area contributed by atoms with Crippen molar-refractivity contribution in [1.82, 2.24) is 4.98 Å². The predicted molar refractivity (Wildman–Crippen MR) is 35.3 cm³/mol. The van der Waals surface area contributed by atoms with Gasteiger partial charge in [0.1, 0.15) is 5.69 Å². The standard InChI is InChI=1S/C7H8F3N/c1-4-3-11-6(5(4)2)7(8,9)10/h3,11H,1-2H3. The molecule has 11 heavy (non-hydrogen) atoms. The molecule has 0 atom stereocenters. The van der Waals surface area contributed by atoms with Gasteiger partial charge in [-0.15, -0.1) is 0 Å². The number of alkyl halides is 3. The van der Waals surface area contributed by atoms with Gasteiger partial charge in [0.25, 0.3) is 0 Å². The van der Waals surface area contributed by atoms with Gasteiger partial charge in [0.2, 0.25) is 0 Å². The maximum Gasteiger partial charge on any atom is 0.431 e. The molecule has 0 saturated heterocycles. The van der Waals surface area contributed by atoms with E-state index in [4.69, 9.17) is 0 Å². The minimum absolute atomic E-state index is 0.275. The van der Waals surface area contributed by atoms with Crippen molar-refractivity contribution in [2.45, 2.75) is 20.0 Å². The third-order valence-electron chi connectivity index (χ3n) is 1.68. The zero-order valence-corrected chi connectivity index (χ0v) is 6.21. The summed E-state index contributed by atoms with van der Waals surface area (Å²) in [4.78, 5) is 2.19. The Balaban J connectivity index is 3.15. The molecular formula is C7H8F3N. The summed E-state index contributed by atoms with van der Waals surface area (Å²) in [5.74, 6) is 0.